The highest BCUT2D eigenvalue weighted by Gasteiger charge is 2.07. The van der Waals surface area contributed by atoms with Gasteiger partial charge in [-0.3, -0.25) is 0 Å². The van der Waals surface area contributed by atoms with Crippen LogP contribution in [0, 0.1) is 11.6 Å². The average molecular weight is 340 g/mol. The molecule has 1 nitrogen and oxygen atoms in total. The molecule has 2 aromatic carbocycles. The van der Waals surface area contributed by atoms with E-state index in [1.54, 1.807) is 0 Å². The Morgan fingerprint density at radius 2 is 1.80 bits per heavy atom. The molecule has 0 aromatic heterocycles. The molecule has 0 radical (unpaired) electrons. The Bertz CT molecular complexity index is 569. The first-order chi connectivity index (χ1) is 9.54. The third-order valence-electron chi connectivity index (χ3n) is 3.11. The number of rotatable bonds is 5. The summed E-state index contributed by atoms with van der Waals surface area (Å²) in [5.74, 6) is -1.05. The molecule has 20 heavy (non-hydrogen) atoms. The van der Waals surface area contributed by atoms with Gasteiger partial charge in [0.25, 0.3) is 0 Å². The average Bonchev–Trinajstić information content (AvgIpc) is 2.40. The number of halogens is 3. The largest absolute Gasteiger partial charge is 0.310 e. The van der Waals surface area contributed by atoms with Gasteiger partial charge in [0, 0.05) is 28.7 Å². The van der Waals surface area contributed by atoms with Crippen LogP contribution in [0.2, 0.25) is 0 Å². The van der Waals surface area contributed by atoms with Gasteiger partial charge in [0.1, 0.15) is 11.6 Å². The zero-order chi connectivity index (χ0) is 14.5. The van der Waals surface area contributed by atoms with Crippen LogP contribution in [0.1, 0.15) is 18.1 Å². The molecule has 2 aromatic rings. The quantitative estimate of drug-likeness (QED) is 0.848. The van der Waals surface area contributed by atoms with E-state index in [0.717, 1.165) is 17.0 Å². The lowest BCUT2D eigenvalue weighted by Crippen LogP contribution is -2.27. The fourth-order valence-electron chi connectivity index (χ4n) is 2.00. The number of nitrogens with one attached hydrogen (secondary N) is 1. The Balaban J connectivity index is 1.88. The van der Waals surface area contributed by atoms with Crippen LogP contribution in [0.25, 0.3) is 0 Å². The van der Waals surface area contributed by atoms with E-state index in [0.29, 0.717) is 12.1 Å². The van der Waals surface area contributed by atoms with E-state index in [1.165, 1.54) is 17.7 Å². The zero-order valence-electron chi connectivity index (χ0n) is 11.2. The summed E-state index contributed by atoms with van der Waals surface area (Å²) in [5, 5.41) is 3.25. The third-order valence-corrected chi connectivity index (χ3v) is 3.64. The predicted octanol–water partition coefficient (Wildman–Crippen LogP) is 4.45. The molecule has 2 rings (SSSR count). The van der Waals surface area contributed by atoms with Gasteiger partial charge in [-0.2, -0.15) is 0 Å². The van der Waals surface area contributed by atoms with Crippen molar-refractivity contribution in [2.45, 2.75) is 25.9 Å². The Morgan fingerprint density at radius 3 is 2.45 bits per heavy atom. The molecule has 0 aliphatic heterocycles. The van der Waals surface area contributed by atoms with Crippen molar-refractivity contribution in [2.24, 2.45) is 0 Å². The summed E-state index contributed by atoms with van der Waals surface area (Å²) in [4.78, 5) is 0. The van der Waals surface area contributed by atoms with E-state index >= 15 is 0 Å². The molecule has 0 bridgehead atoms. The van der Waals surface area contributed by atoms with Crippen molar-refractivity contribution in [3.8, 4) is 0 Å². The lowest BCUT2D eigenvalue weighted by atomic mass is 10.1. The molecular weight excluding hydrogens is 324 g/mol. The third kappa shape index (κ3) is 4.39. The van der Waals surface area contributed by atoms with Crippen molar-refractivity contribution >= 4 is 15.9 Å². The first-order valence-corrected chi connectivity index (χ1v) is 7.25. The molecule has 1 atom stereocenters. The highest BCUT2D eigenvalue weighted by molar-refractivity contribution is 9.10. The molecule has 0 aliphatic rings. The smallest absolute Gasteiger partial charge is 0.130 e. The van der Waals surface area contributed by atoms with Crippen molar-refractivity contribution in [1.82, 2.24) is 5.32 Å². The standard InChI is InChI=1S/C16H16BrF2N/c1-11(8-12-2-5-14(17)6-3-12)20-10-13-4-7-15(18)9-16(13)19/h2-7,9,11,20H,8,10H2,1H3. The predicted molar refractivity (Wildman–Crippen MR) is 80.5 cm³/mol. The lowest BCUT2D eigenvalue weighted by Gasteiger charge is -2.14. The highest BCUT2D eigenvalue weighted by Crippen LogP contribution is 2.13. The minimum atomic E-state index is -0.547. The van der Waals surface area contributed by atoms with Gasteiger partial charge in [0.15, 0.2) is 0 Å². The van der Waals surface area contributed by atoms with Crippen LogP contribution in [-0.4, -0.2) is 6.04 Å². The fraction of sp³-hybridized carbons (Fsp3) is 0.250. The molecule has 0 heterocycles. The summed E-state index contributed by atoms with van der Waals surface area (Å²) >= 11 is 3.40. The van der Waals surface area contributed by atoms with Crippen LogP contribution in [0.4, 0.5) is 8.78 Å². The molecule has 4 heteroatoms. The van der Waals surface area contributed by atoms with Gasteiger partial charge in [0.2, 0.25) is 0 Å². The Morgan fingerprint density at radius 1 is 1.10 bits per heavy atom. The van der Waals surface area contributed by atoms with Crippen LogP contribution in [0.5, 0.6) is 0 Å². The van der Waals surface area contributed by atoms with Crippen LogP contribution in [0.3, 0.4) is 0 Å². The SMILES string of the molecule is CC(Cc1ccc(Br)cc1)NCc1ccc(F)cc1F. The fourth-order valence-corrected chi connectivity index (χ4v) is 2.26. The zero-order valence-corrected chi connectivity index (χ0v) is 12.8. The van der Waals surface area contributed by atoms with E-state index in [4.69, 9.17) is 0 Å². The van der Waals surface area contributed by atoms with E-state index in [-0.39, 0.29) is 6.04 Å². The molecule has 106 valence electrons. The molecule has 1 N–H and O–H groups in total. The van der Waals surface area contributed by atoms with Crippen molar-refractivity contribution in [3.05, 3.63) is 69.7 Å². The van der Waals surface area contributed by atoms with Gasteiger partial charge < -0.3 is 5.32 Å². The lowest BCUT2D eigenvalue weighted by molar-refractivity contribution is 0.519. The molecule has 1 unspecified atom stereocenters. The topological polar surface area (TPSA) is 12.0 Å². The number of hydrogen-bond donors (Lipinski definition) is 1. The van der Waals surface area contributed by atoms with Crippen molar-refractivity contribution in [1.29, 1.82) is 0 Å². The normalized spacial score (nSPS) is 12.4. The second-order valence-corrected chi connectivity index (χ2v) is 5.76. The molecule has 0 amide bonds. The van der Waals surface area contributed by atoms with Crippen LogP contribution in [-0.2, 0) is 13.0 Å². The van der Waals surface area contributed by atoms with Gasteiger partial charge in [0.05, 0.1) is 0 Å². The molecule has 0 spiro atoms. The molecule has 0 saturated heterocycles. The molecule has 0 saturated carbocycles. The number of hydrogen-bond acceptors (Lipinski definition) is 1. The van der Waals surface area contributed by atoms with Crippen molar-refractivity contribution < 1.29 is 8.78 Å². The van der Waals surface area contributed by atoms with Gasteiger partial charge >= 0.3 is 0 Å². The molecule has 0 fully saturated rings. The van der Waals surface area contributed by atoms with E-state index < -0.39 is 11.6 Å². The second-order valence-electron chi connectivity index (χ2n) is 4.85. The Hall–Kier alpha value is -1.26. The summed E-state index contributed by atoms with van der Waals surface area (Å²) in [6, 6.07) is 12.0. The van der Waals surface area contributed by atoms with Crippen molar-refractivity contribution in [3.63, 3.8) is 0 Å². The summed E-state index contributed by atoms with van der Waals surface area (Å²) in [6.07, 6.45) is 0.857. The first kappa shape index (κ1) is 15.1. The minimum absolute atomic E-state index is 0.209. The van der Waals surface area contributed by atoms with Gasteiger partial charge in [-0.15, -0.1) is 0 Å². The second kappa shape index (κ2) is 6.95. The molecular formula is C16H16BrF2N. The monoisotopic (exact) mass is 339 g/mol. The van der Waals surface area contributed by atoms with E-state index in [2.05, 4.69) is 33.4 Å². The molecule has 0 aliphatic carbocycles. The maximum Gasteiger partial charge on any atom is 0.130 e. The summed E-state index contributed by atoms with van der Waals surface area (Å²) in [7, 11) is 0. The summed E-state index contributed by atoms with van der Waals surface area (Å²) in [5.41, 5.74) is 1.70. The van der Waals surface area contributed by atoms with Gasteiger partial charge in [-0.25, -0.2) is 8.78 Å². The van der Waals surface area contributed by atoms with Crippen molar-refractivity contribution in [2.75, 3.05) is 0 Å². The maximum absolute atomic E-state index is 13.5. The Labute approximate surface area is 126 Å². The Kier molecular flexibility index (Phi) is 5.26. The minimum Gasteiger partial charge on any atom is -0.310 e. The van der Waals surface area contributed by atoms with Crippen LogP contribution < -0.4 is 5.32 Å². The maximum atomic E-state index is 13.5. The number of benzene rings is 2. The van der Waals surface area contributed by atoms with Crippen LogP contribution in [0.15, 0.2) is 46.9 Å². The van der Waals surface area contributed by atoms with E-state index in [1.807, 2.05) is 19.1 Å². The van der Waals surface area contributed by atoms with E-state index in [9.17, 15) is 8.78 Å². The summed E-state index contributed by atoms with van der Waals surface area (Å²) in [6.45, 7) is 2.44. The highest BCUT2D eigenvalue weighted by atomic mass is 79.9. The van der Waals surface area contributed by atoms with Gasteiger partial charge in [-0.05, 0) is 37.1 Å². The van der Waals surface area contributed by atoms with Crippen LogP contribution >= 0.6 is 15.9 Å². The summed E-state index contributed by atoms with van der Waals surface area (Å²) < 4.78 is 27.3. The first-order valence-electron chi connectivity index (χ1n) is 6.46. The van der Waals surface area contributed by atoms with Gasteiger partial charge in [-0.1, -0.05) is 34.1 Å².